The molecule has 2 N–H and O–H groups in total. The second-order valence-corrected chi connectivity index (χ2v) is 8.47. The summed E-state index contributed by atoms with van der Waals surface area (Å²) in [6.07, 6.45) is 6.05. The third-order valence-electron chi connectivity index (χ3n) is 5.23. The maximum Gasteiger partial charge on any atom is 0.339 e. The SMILES string of the molecule is C=CCNC(=O)NC(=O)COC(=O)c1c2c(nc3ccccc13)/C(=C/c1cccs1)CCC2. The standard InChI is InChI=1S/C25H23N3O4S/c1-2-12-26-25(31)28-21(29)15-32-24(30)22-18-9-3-4-11-20(18)27-23-16(7-5-10-19(22)23)14-17-8-6-13-33-17/h2-4,6,8-9,11,13-14H,1,5,7,10,12,15H2,(H2,26,28,29,31)/b16-14+. The van der Waals surface area contributed by atoms with Crippen LogP contribution in [0.4, 0.5) is 4.79 Å². The Morgan fingerprint density at radius 3 is 2.79 bits per heavy atom. The Balaban J connectivity index is 1.63. The average Bonchev–Trinajstić information content (AvgIpc) is 3.33. The monoisotopic (exact) mass is 461 g/mol. The number of fused-ring (bicyclic) bond motifs is 2. The Morgan fingerprint density at radius 2 is 2.00 bits per heavy atom. The van der Waals surface area contributed by atoms with E-state index in [1.54, 1.807) is 11.3 Å². The summed E-state index contributed by atoms with van der Waals surface area (Å²) in [5.41, 5.74) is 3.83. The van der Waals surface area contributed by atoms with Crippen LogP contribution in [0.2, 0.25) is 0 Å². The molecule has 0 fully saturated rings. The van der Waals surface area contributed by atoms with Gasteiger partial charge in [-0.2, -0.15) is 0 Å². The lowest BCUT2D eigenvalue weighted by Crippen LogP contribution is -2.41. The molecule has 0 saturated heterocycles. The first-order chi connectivity index (χ1) is 16.1. The third-order valence-corrected chi connectivity index (χ3v) is 6.05. The normalized spacial score (nSPS) is 13.9. The van der Waals surface area contributed by atoms with Crippen LogP contribution in [-0.2, 0) is 16.0 Å². The number of ether oxygens (including phenoxy) is 1. The molecule has 0 radical (unpaired) electrons. The summed E-state index contributed by atoms with van der Waals surface area (Å²) in [5, 5.41) is 7.25. The lowest BCUT2D eigenvalue weighted by molar-refractivity contribution is -0.123. The van der Waals surface area contributed by atoms with Crippen LogP contribution >= 0.6 is 11.3 Å². The molecule has 0 bridgehead atoms. The lowest BCUT2D eigenvalue weighted by Gasteiger charge is -2.22. The largest absolute Gasteiger partial charge is 0.452 e. The molecule has 2 aromatic heterocycles. The predicted molar refractivity (Wildman–Crippen MR) is 129 cm³/mol. The van der Waals surface area contributed by atoms with Crippen molar-refractivity contribution in [2.75, 3.05) is 13.2 Å². The van der Waals surface area contributed by atoms with Crippen LogP contribution in [0.5, 0.6) is 0 Å². The topological polar surface area (TPSA) is 97.4 Å². The van der Waals surface area contributed by atoms with E-state index in [9.17, 15) is 14.4 Å². The molecule has 1 aliphatic rings. The van der Waals surface area contributed by atoms with Crippen LogP contribution in [0, 0.1) is 0 Å². The van der Waals surface area contributed by atoms with Gasteiger partial charge in [-0.1, -0.05) is 30.3 Å². The smallest absolute Gasteiger partial charge is 0.339 e. The number of carbonyl (C=O) groups excluding carboxylic acids is 3. The number of rotatable bonds is 6. The minimum Gasteiger partial charge on any atom is -0.452 e. The number of benzene rings is 1. The van der Waals surface area contributed by atoms with Crippen molar-refractivity contribution in [3.8, 4) is 0 Å². The molecule has 33 heavy (non-hydrogen) atoms. The first kappa shape index (κ1) is 22.4. The van der Waals surface area contributed by atoms with E-state index in [1.807, 2.05) is 41.8 Å². The summed E-state index contributed by atoms with van der Waals surface area (Å²) in [6.45, 7) is 3.14. The van der Waals surface area contributed by atoms with E-state index in [4.69, 9.17) is 9.72 Å². The van der Waals surface area contributed by atoms with Gasteiger partial charge >= 0.3 is 12.0 Å². The number of urea groups is 1. The van der Waals surface area contributed by atoms with Crippen molar-refractivity contribution in [2.24, 2.45) is 0 Å². The summed E-state index contributed by atoms with van der Waals surface area (Å²) in [6, 6.07) is 10.8. The van der Waals surface area contributed by atoms with E-state index in [0.29, 0.717) is 22.9 Å². The van der Waals surface area contributed by atoms with Gasteiger partial charge in [-0.25, -0.2) is 14.6 Å². The molecule has 0 aliphatic heterocycles. The number of aromatic nitrogens is 1. The van der Waals surface area contributed by atoms with Crippen molar-refractivity contribution >= 4 is 51.8 Å². The molecular formula is C25H23N3O4S. The Morgan fingerprint density at radius 1 is 1.15 bits per heavy atom. The molecule has 168 valence electrons. The molecule has 0 atom stereocenters. The van der Waals surface area contributed by atoms with E-state index in [-0.39, 0.29) is 6.54 Å². The van der Waals surface area contributed by atoms with Crippen molar-refractivity contribution < 1.29 is 19.1 Å². The number of para-hydroxylation sites is 1. The van der Waals surface area contributed by atoms with Gasteiger partial charge in [-0.15, -0.1) is 17.9 Å². The molecule has 2 heterocycles. The summed E-state index contributed by atoms with van der Waals surface area (Å²) in [7, 11) is 0. The number of thiophene rings is 1. The van der Waals surface area contributed by atoms with Gasteiger partial charge in [0.15, 0.2) is 6.61 Å². The second kappa shape index (κ2) is 10.2. The fourth-order valence-corrected chi connectivity index (χ4v) is 4.51. The molecular weight excluding hydrogens is 438 g/mol. The Kier molecular flexibility index (Phi) is 6.95. The fraction of sp³-hybridized carbons (Fsp3) is 0.200. The van der Waals surface area contributed by atoms with Gasteiger partial charge in [-0.05, 0) is 54.0 Å². The number of hydrogen-bond acceptors (Lipinski definition) is 6. The Bertz CT molecular complexity index is 1250. The van der Waals surface area contributed by atoms with Crippen LogP contribution in [0.1, 0.15) is 39.3 Å². The van der Waals surface area contributed by atoms with Crippen molar-refractivity contribution in [2.45, 2.75) is 19.3 Å². The van der Waals surface area contributed by atoms with Crippen molar-refractivity contribution in [1.82, 2.24) is 15.6 Å². The zero-order chi connectivity index (χ0) is 23.2. The zero-order valence-corrected chi connectivity index (χ0v) is 18.7. The highest BCUT2D eigenvalue weighted by Gasteiger charge is 2.26. The van der Waals surface area contributed by atoms with Crippen molar-refractivity contribution in [1.29, 1.82) is 0 Å². The molecule has 8 heteroatoms. The van der Waals surface area contributed by atoms with E-state index in [0.717, 1.165) is 34.5 Å². The number of hydrogen-bond donors (Lipinski definition) is 2. The number of pyridine rings is 1. The van der Waals surface area contributed by atoms with Gasteiger partial charge in [-0.3, -0.25) is 10.1 Å². The molecule has 4 rings (SSSR count). The molecule has 3 amide bonds. The first-order valence-electron chi connectivity index (χ1n) is 10.6. The van der Waals surface area contributed by atoms with Crippen molar-refractivity contribution in [3.05, 3.63) is 76.1 Å². The predicted octanol–water partition coefficient (Wildman–Crippen LogP) is 4.34. The van der Waals surface area contributed by atoms with Gasteiger partial charge in [0.2, 0.25) is 0 Å². The van der Waals surface area contributed by atoms with E-state index >= 15 is 0 Å². The minimum absolute atomic E-state index is 0.218. The third kappa shape index (κ3) is 5.18. The summed E-state index contributed by atoms with van der Waals surface area (Å²) in [5.74, 6) is -1.32. The second-order valence-electron chi connectivity index (χ2n) is 7.49. The number of nitrogens with one attached hydrogen (secondary N) is 2. The number of allylic oxidation sites excluding steroid dienone is 1. The van der Waals surface area contributed by atoms with Crippen LogP contribution in [0.15, 0.2) is 54.4 Å². The maximum atomic E-state index is 13.2. The van der Waals surface area contributed by atoms with Crippen LogP contribution in [0.25, 0.3) is 22.6 Å². The number of esters is 1. The van der Waals surface area contributed by atoms with E-state index < -0.39 is 24.5 Å². The lowest BCUT2D eigenvalue weighted by atomic mass is 9.86. The number of amides is 3. The van der Waals surface area contributed by atoms with E-state index in [1.165, 1.54) is 6.08 Å². The first-order valence-corrected chi connectivity index (χ1v) is 11.5. The van der Waals surface area contributed by atoms with Gasteiger partial charge in [0, 0.05) is 16.8 Å². The molecule has 1 aliphatic carbocycles. The highest BCUT2D eigenvalue weighted by atomic mass is 32.1. The molecule has 7 nitrogen and oxygen atoms in total. The van der Waals surface area contributed by atoms with Crippen LogP contribution < -0.4 is 10.6 Å². The fourth-order valence-electron chi connectivity index (χ4n) is 3.83. The van der Waals surface area contributed by atoms with Gasteiger partial charge < -0.3 is 10.1 Å². The number of imide groups is 1. The summed E-state index contributed by atoms with van der Waals surface area (Å²) >= 11 is 1.65. The average molecular weight is 462 g/mol. The van der Waals surface area contributed by atoms with Gasteiger partial charge in [0.1, 0.15) is 0 Å². The number of nitrogens with zero attached hydrogens (tertiary/aromatic N) is 1. The zero-order valence-electron chi connectivity index (χ0n) is 17.9. The Hall–Kier alpha value is -3.78. The summed E-state index contributed by atoms with van der Waals surface area (Å²) < 4.78 is 5.31. The molecule has 1 aromatic carbocycles. The molecule has 3 aromatic rings. The molecule has 0 saturated carbocycles. The minimum atomic E-state index is -0.713. The van der Waals surface area contributed by atoms with Crippen LogP contribution in [0.3, 0.4) is 0 Å². The maximum absolute atomic E-state index is 13.2. The van der Waals surface area contributed by atoms with Crippen molar-refractivity contribution in [3.63, 3.8) is 0 Å². The Labute approximate surface area is 195 Å². The summed E-state index contributed by atoms with van der Waals surface area (Å²) in [4.78, 5) is 42.8. The molecule has 0 unspecified atom stereocenters. The van der Waals surface area contributed by atoms with Gasteiger partial charge in [0.25, 0.3) is 5.91 Å². The highest BCUT2D eigenvalue weighted by Crippen LogP contribution is 2.36. The van der Waals surface area contributed by atoms with Crippen LogP contribution in [-0.4, -0.2) is 36.0 Å². The van der Waals surface area contributed by atoms with Gasteiger partial charge in [0.05, 0.1) is 16.8 Å². The molecule has 0 spiro atoms. The quantitative estimate of drug-likeness (QED) is 0.420. The number of carbonyl (C=O) groups is 3. The highest BCUT2D eigenvalue weighted by molar-refractivity contribution is 7.10. The van der Waals surface area contributed by atoms with E-state index in [2.05, 4.69) is 23.3 Å².